The molecule has 25 heavy (non-hydrogen) atoms. The molecule has 0 aliphatic heterocycles. The molecule has 0 fully saturated rings. The second-order valence-corrected chi connectivity index (χ2v) is 5.07. The van der Waals surface area contributed by atoms with Gasteiger partial charge in [-0.15, -0.1) is 0 Å². The fourth-order valence-electron chi connectivity index (χ4n) is 2.18. The molecule has 0 heterocycles. The van der Waals surface area contributed by atoms with Gasteiger partial charge < -0.3 is 14.8 Å². The fourth-order valence-corrected chi connectivity index (χ4v) is 2.18. The molecule has 0 saturated carbocycles. The van der Waals surface area contributed by atoms with Gasteiger partial charge in [-0.2, -0.15) is 0 Å². The van der Waals surface area contributed by atoms with Gasteiger partial charge in [0, 0.05) is 11.1 Å². The zero-order valence-electron chi connectivity index (χ0n) is 14.3. The normalized spacial score (nSPS) is 10.9. The Morgan fingerprint density at radius 1 is 0.960 bits per heavy atom. The van der Waals surface area contributed by atoms with Gasteiger partial charge in [-0.1, -0.05) is 36.4 Å². The van der Waals surface area contributed by atoms with Gasteiger partial charge in [-0.25, -0.2) is 4.79 Å². The summed E-state index contributed by atoms with van der Waals surface area (Å²) in [5.74, 6) is -0.354. The minimum atomic E-state index is -0.599. The molecule has 0 aromatic heterocycles. The van der Waals surface area contributed by atoms with Crippen LogP contribution >= 0.6 is 0 Å². The maximum absolute atomic E-state index is 12.4. The van der Waals surface area contributed by atoms with E-state index >= 15 is 0 Å². The summed E-state index contributed by atoms with van der Waals surface area (Å²) in [5.41, 5.74) is 1.19. The minimum Gasteiger partial charge on any atom is -0.493 e. The topological polar surface area (TPSA) is 64.6 Å². The summed E-state index contributed by atoms with van der Waals surface area (Å²) in [6.45, 7) is 4.30. The Bertz CT molecular complexity index is 753. The number of ether oxygens (including phenoxy) is 2. The van der Waals surface area contributed by atoms with E-state index in [1.165, 1.54) is 0 Å². The molecule has 0 radical (unpaired) electrons. The zero-order valence-corrected chi connectivity index (χ0v) is 14.3. The number of carbonyl (C=O) groups excluding carboxylic acids is 2. The molecule has 0 atom stereocenters. The van der Waals surface area contributed by atoms with Gasteiger partial charge in [0.2, 0.25) is 0 Å². The molecule has 0 aliphatic carbocycles. The van der Waals surface area contributed by atoms with Crippen LogP contribution in [-0.2, 0) is 9.53 Å². The standard InChI is InChI=1S/C20H21NO4/c1-3-24-18-13-9-8-12-16(18)14-17(20(23)25-4-2)21-19(22)15-10-6-5-7-11-15/h5-14H,3-4H2,1-2H3,(H,21,22). The van der Waals surface area contributed by atoms with Crippen LogP contribution in [0.5, 0.6) is 5.75 Å². The van der Waals surface area contributed by atoms with Crippen molar-refractivity contribution in [3.05, 3.63) is 71.4 Å². The third-order valence-corrected chi connectivity index (χ3v) is 3.30. The first-order valence-corrected chi connectivity index (χ1v) is 8.12. The van der Waals surface area contributed by atoms with Crippen molar-refractivity contribution >= 4 is 18.0 Å². The van der Waals surface area contributed by atoms with E-state index < -0.39 is 5.97 Å². The van der Waals surface area contributed by atoms with Crippen LogP contribution in [0.15, 0.2) is 60.3 Å². The zero-order chi connectivity index (χ0) is 18.1. The Balaban J connectivity index is 2.33. The predicted octanol–water partition coefficient (Wildman–Crippen LogP) is 3.42. The van der Waals surface area contributed by atoms with Crippen molar-refractivity contribution in [1.82, 2.24) is 5.32 Å². The first-order valence-electron chi connectivity index (χ1n) is 8.12. The fraction of sp³-hybridized carbons (Fsp3) is 0.200. The largest absolute Gasteiger partial charge is 0.493 e. The Hall–Kier alpha value is -3.08. The number of para-hydroxylation sites is 1. The monoisotopic (exact) mass is 339 g/mol. The predicted molar refractivity (Wildman–Crippen MR) is 96.1 cm³/mol. The van der Waals surface area contributed by atoms with Crippen LogP contribution in [0.1, 0.15) is 29.8 Å². The van der Waals surface area contributed by atoms with E-state index in [-0.39, 0.29) is 18.2 Å². The van der Waals surface area contributed by atoms with Crippen LogP contribution in [0.2, 0.25) is 0 Å². The molecule has 0 saturated heterocycles. The summed E-state index contributed by atoms with van der Waals surface area (Å²) in [6.07, 6.45) is 1.56. The highest BCUT2D eigenvalue weighted by Gasteiger charge is 2.16. The molecule has 5 heteroatoms. The van der Waals surface area contributed by atoms with Gasteiger partial charge in [-0.3, -0.25) is 4.79 Å². The molecule has 1 N–H and O–H groups in total. The van der Waals surface area contributed by atoms with Gasteiger partial charge >= 0.3 is 5.97 Å². The molecule has 1 amide bonds. The number of esters is 1. The van der Waals surface area contributed by atoms with Gasteiger partial charge in [0.05, 0.1) is 13.2 Å². The van der Waals surface area contributed by atoms with Gasteiger partial charge in [-0.05, 0) is 38.1 Å². The highest BCUT2D eigenvalue weighted by Crippen LogP contribution is 2.21. The van der Waals surface area contributed by atoms with E-state index in [1.807, 2.05) is 25.1 Å². The Morgan fingerprint density at radius 3 is 2.32 bits per heavy atom. The lowest BCUT2D eigenvalue weighted by Gasteiger charge is -2.11. The van der Waals surface area contributed by atoms with E-state index in [1.54, 1.807) is 49.4 Å². The van der Waals surface area contributed by atoms with Crippen molar-refractivity contribution in [1.29, 1.82) is 0 Å². The first-order chi connectivity index (χ1) is 12.2. The van der Waals surface area contributed by atoms with Crippen LogP contribution in [0, 0.1) is 0 Å². The van der Waals surface area contributed by atoms with Crippen LogP contribution < -0.4 is 10.1 Å². The molecule has 2 aromatic carbocycles. The number of hydrogen-bond donors (Lipinski definition) is 1. The Kier molecular flexibility index (Phi) is 6.77. The third-order valence-electron chi connectivity index (χ3n) is 3.30. The van der Waals surface area contributed by atoms with E-state index in [2.05, 4.69) is 5.32 Å². The van der Waals surface area contributed by atoms with Crippen molar-refractivity contribution < 1.29 is 19.1 Å². The van der Waals surface area contributed by atoms with Gasteiger partial charge in [0.15, 0.2) is 0 Å². The summed E-state index contributed by atoms with van der Waals surface area (Å²) in [7, 11) is 0. The lowest BCUT2D eigenvalue weighted by Crippen LogP contribution is -2.28. The van der Waals surface area contributed by atoms with Crippen molar-refractivity contribution in [2.24, 2.45) is 0 Å². The second kappa shape index (κ2) is 9.27. The average Bonchev–Trinajstić information content (AvgIpc) is 2.63. The highest BCUT2D eigenvalue weighted by atomic mass is 16.5. The molecular weight excluding hydrogens is 318 g/mol. The molecule has 130 valence electrons. The van der Waals surface area contributed by atoms with Crippen molar-refractivity contribution in [2.75, 3.05) is 13.2 Å². The Morgan fingerprint density at radius 2 is 1.64 bits per heavy atom. The molecule has 0 bridgehead atoms. The third kappa shape index (κ3) is 5.21. The van der Waals surface area contributed by atoms with Crippen LogP contribution in [0.4, 0.5) is 0 Å². The van der Waals surface area contributed by atoms with E-state index in [4.69, 9.17) is 9.47 Å². The molecule has 5 nitrogen and oxygen atoms in total. The quantitative estimate of drug-likeness (QED) is 0.620. The molecule has 2 rings (SSSR count). The number of amides is 1. The molecule has 2 aromatic rings. The second-order valence-electron chi connectivity index (χ2n) is 5.07. The molecule has 0 spiro atoms. The number of nitrogens with one attached hydrogen (secondary N) is 1. The smallest absolute Gasteiger partial charge is 0.354 e. The molecule has 0 unspecified atom stereocenters. The number of rotatable bonds is 7. The van der Waals surface area contributed by atoms with Gasteiger partial charge in [0.1, 0.15) is 11.4 Å². The highest BCUT2D eigenvalue weighted by molar-refractivity contribution is 6.03. The molecular formula is C20H21NO4. The lowest BCUT2D eigenvalue weighted by molar-refractivity contribution is -0.138. The van der Waals surface area contributed by atoms with Crippen LogP contribution in [0.3, 0.4) is 0 Å². The van der Waals surface area contributed by atoms with Gasteiger partial charge in [0.25, 0.3) is 5.91 Å². The number of hydrogen-bond acceptors (Lipinski definition) is 4. The summed E-state index contributed by atoms with van der Waals surface area (Å²) < 4.78 is 10.6. The lowest BCUT2D eigenvalue weighted by atomic mass is 10.1. The maximum Gasteiger partial charge on any atom is 0.354 e. The minimum absolute atomic E-state index is 0.0582. The SMILES string of the molecule is CCOC(=O)C(=Cc1ccccc1OCC)NC(=O)c1ccccc1. The summed E-state index contributed by atoms with van der Waals surface area (Å²) in [6, 6.07) is 16.0. The first kappa shape index (κ1) is 18.3. The average molecular weight is 339 g/mol. The summed E-state index contributed by atoms with van der Waals surface area (Å²) in [4.78, 5) is 24.6. The summed E-state index contributed by atoms with van der Waals surface area (Å²) >= 11 is 0. The number of benzene rings is 2. The summed E-state index contributed by atoms with van der Waals surface area (Å²) in [5, 5.41) is 2.63. The Labute approximate surface area is 147 Å². The van der Waals surface area contributed by atoms with E-state index in [0.717, 1.165) is 0 Å². The molecule has 0 aliphatic rings. The maximum atomic E-state index is 12.4. The van der Waals surface area contributed by atoms with E-state index in [0.29, 0.717) is 23.5 Å². The van der Waals surface area contributed by atoms with E-state index in [9.17, 15) is 9.59 Å². The van der Waals surface area contributed by atoms with Crippen molar-refractivity contribution in [2.45, 2.75) is 13.8 Å². The van der Waals surface area contributed by atoms with Crippen molar-refractivity contribution in [3.8, 4) is 5.75 Å². The number of carbonyl (C=O) groups is 2. The van der Waals surface area contributed by atoms with Crippen LogP contribution in [0.25, 0.3) is 6.08 Å². The van der Waals surface area contributed by atoms with Crippen molar-refractivity contribution in [3.63, 3.8) is 0 Å². The van der Waals surface area contributed by atoms with Crippen LogP contribution in [-0.4, -0.2) is 25.1 Å².